The van der Waals surface area contributed by atoms with E-state index in [1.807, 2.05) is 0 Å². The minimum atomic E-state index is -0.865. The summed E-state index contributed by atoms with van der Waals surface area (Å²) >= 11 is 0. The van der Waals surface area contributed by atoms with Gasteiger partial charge in [0.15, 0.2) is 0 Å². The zero-order chi connectivity index (χ0) is 13.1. The van der Waals surface area contributed by atoms with Crippen molar-refractivity contribution in [1.29, 1.82) is 0 Å². The fourth-order valence-corrected chi connectivity index (χ4v) is 1.53. The Morgan fingerprint density at radius 1 is 1.29 bits per heavy atom. The topological polar surface area (TPSA) is 92.4 Å². The summed E-state index contributed by atoms with van der Waals surface area (Å²) in [6.07, 6.45) is 0.00453. The Labute approximate surface area is 99.6 Å². The van der Waals surface area contributed by atoms with Crippen molar-refractivity contribution in [1.82, 2.24) is 0 Å². The van der Waals surface area contributed by atoms with Crippen molar-refractivity contribution in [2.75, 3.05) is 5.32 Å². The molecular formula is C12H16N2O3. The molecule has 0 aliphatic heterocycles. The van der Waals surface area contributed by atoms with Crippen molar-refractivity contribution in [3.8, 4) is 0 Å². The molecule has 17 heavy (non-hydrogen) atoms. The molecule has 1 aromatic carbocycles. The number of nitrogens with two attached hydrogens (primary N) is 1. The first-order valence-corrected chi connectivity index (χ1v) is 5.20. The fourth-order valence-electron chi connectivity index (χ4n) is 1.53. The van der Waals surface area contributed by atoms with Gasteiger partial charge in [-0.15, -0.1) is 0 Å². The maximum atomic E-state index is 10.9. The summed E-state index contributed by atoms with van der Waals surface area (Å²) < 4.78 is 0. The average Bonchev–Trinajstić information content (AvgIpc) is 2.15. The molecule has 0 spiro atoms. The molecule has 0 saturated heterocycles. The standard InChI is InChI=1S/C12H16N2O3/c1-12(2,7-10(15)16)14-9-5-3-8(4-6-9)11(13)17/h3-6,14H,7H2,1-2H3,(H2,13,17)(H,15,16). The Bertz CT molecular complexity index is 424. The number of nitrogens with one attached hydrogen (secondary N) is 1. The number of amides is 1. The molecule has 1 amide bonds. The molecule has 0 unspecified atom stereocenters. The van der Waals surface area contributed by atoms with Crippen LogP contribution in [0.25, 0.3) is 0 Å². The number of hydrogen-bond donors (Lipinski definition) is 3. The van der Waals surface area contributed by atoms with Crippen LogP contribution < -0.4 is 11.1 Å². The molecule has 4 N–H and O–H groups in total. The zero-order valence-corrected chi connectivity index (χ0v) is 9.86. The van der Waals surface area contributed by atoms with Crippen molar-refractivity contribution < 1.29 is 14.7 Å². The van der Waals surface area contributed by atoms with Crippen molar-refractivity contribution in [2.45, 2.75) is 25.8 Å². The lowest BCUT2D eigenvalue weighted by Gasteiger charge is -2.25. The minimum absolute atomic E-state index is 0.00453. The Morgan fingerprint density at radius 3 is 2.24 bits per heavy atom. The van der Waals surface area contributed by atoms with Gasteiger partial charge in [0.1, 0.15) is 0 Å². The maximum absolute atomic E-state index is 10.9. The highest BCUT2D eigenvalue weighted by Gasteiger charge is 2.21. The molecule has 0 aromatic heterocycles. The van der Waals surface area contributed by atoms with Crippen LogP contribution in [-0.2, 0) is 4.79 Å². The van der Waals surface area contributed by atoms with Crippen molar-refractivity contribution in [2.24, 2.45) is 5.73 Å². The molecule has 0 aliphatic carbocycles. The van der Waals surface area contributed by atoms with E-state index in [1.165, 1.54) is 0 Å². The average molecular weight is 236 g/mol. The van der Waals surface area contributed by atoms with Gasteiger partial charge >= 0.3 is 5.97 Å². The summed E-state index contributed by atoms with van der Waals surface area (Å²) in [5, 5.41) is 11.8. The van der Waals surface area contributed by atoms with Crippen LogP contribution in [-0.4, -0.2) is 22.5 Å². The summed E-state index contributed by atoms with van der Waals surface area (Å²) in [7, 11) is 0. The van der Waals surface area contributed by atoms with Crippen LogP contribution in [0.2, 0.25) is 0 Å². The highest BCUT2D eigenvalue weighted by atomic mass is 16.4. The summed E-state index contributed by atoms with van der Waals surface area (Å²) in [5.74, 6) is -1.35. The Kier molecular flexibility index (Phi) is 3.73. The van der Waals surface area contributed by atoms with E-state index in [4.69, 9.17) is 10.8 Å². The van der Waals surface area contributed by atoms with Gasteiger partial charge in [-0.05, 0) is 38.1 Å². The second-order valence-electron chi connectivity index (χ2n) is 4.52. The van der Waals surface area contributed by atoms with Gasteiger partial charge in [0.25, 0.3) is 0 Å². The first-order chi connectivity index (χ1) is 7.80. The normalized spacial score (nSPS) is 10.9. The van der Waals surface area contributed by atoms with E-state index >= 15 is 0 Å². The van der Waals surface area contributed by atoms with E-state index in [2.05, 4.69) is 5.32 Å². The number of rotatable bonds is 5. The van der Waals surface area contributed by atoms with Gasteiger partial charge in [-0.3, -0.25) is 9.59 Å². The van der Waals surface area contributed by atoms with Crippen LogP contribution in [0, 0.1) is 0 Å². The molecular weight excluding hydrogens is 220 g/mol. The highest BCUT2D eigenvalue weighted by molar-refractivity contribution is 5.93. The Hall–Kier alpha value is -2.04. The van der Waals surface area contributed by atoms with Gasteiger partial charge in [0.05, 0.1) is 6.42 Å². The van der Waals surface area contributed by atoms with Crippen LogP contribution in [0.5, 0.6) is 0 Å². The van der Waals surface area contributed by atoms with E-state index in [0.717, 1.165) is 5.69 Å². The third-order valence-electron chi connectivity index (χ3n) is 2.25. The van der Waals surface area contributed by atoms with E-state index < -0.39 is 17.4 Å². The molecule has 0 radical (unpaired) electrons. The largest absolute Gasteiger partial charge is 0.481 e. The van der Waals surface area contributed by atoms with E-state index in [0.29, 0.717) is 5.56 Å². The molecule has 0 saturated carbocycles. The molecule has 0 heterocycles. The zero-order valence-electron chi connectivity index (χ0n) is 9.86. The lowest BCUT2D eigenvalue weighted by Crippen LogP contribution is -2.33. The van der Waals surface area contributed by atoms with E-state index in [1.54, 1.807) is 38.1 Å². The second-order valence-corrected chi connectivity index (χ2v) is 4.52. The molecule has 5 nitrogen and oxygen atoms in total. The van der Waals surface area contributed by atoms with Crippen molar-refractivity contribution >= 4 is 17.6 Å². The summed E-state index contributed by atoms with van der Waals surface area (Å²) in [6.45, 7) is 3.59. The third-order valence-corrected chi connectivity index (χ3v) is 2.25. The van der Waals surface area contributed by atoms with Crippen LogP contribution in [0.3, 0.4) is 0 Å². The first-order valence-electron chi connectivity index (χ1n) is 5.20. The van der Waals surface area contributed by atoms with Gasteiger partial charge < -0.3 is 16.2 Å². The van der Waals surface area contributed by atoms with Gasteiger partial charge in [-0.1, -0.05) is 0 Å². The molecule has 1 rings (SSSR count). The van der Waals surface area contributed by atoms with E-state index in [-0.39, 0.29) is 6.42 Å². The number of carboxylic acid groups (broad SMARTS) is 1. The molecule has 0 atom stereocenters. The molecule has 0 bridgehead atoms. The number of carbonyl (C=O) groups excluding carboxylic acids is 1. The molecule has 1 aromatic rings. The summed E-state index contributed by atoms with van der Waals surface area (Å²) in [5.41, 5.74) is 5.74. The van der Waals surface area contributed by atoms with Crippen molar-refractivity contribution in [3.63, 3.8) is 0 Å². The smallest absolute Gasteiger partial charge is 0.305 e. The summed E-state index contributed by atoms with van der Waals surface area (Å²) in [4.78, 5) is 21.5. The van der Waals surface area contributed by atoms with Gasteiger partial charge in [0.2, 0.25) is 5.91 Å². The van der Waals surface area contributed by atoms with Crippen molar-refractivity contribution in [3.05, 3.63) is 29.8 Å². The third kappa shape index (κ3) is 4.14. The second kappa shape index (κ2) is 4.86. The number of hydrogen-bond acceptors (Lipinski definition) is 3. The molecule has 92 valence electrons. The number of aliphatic carboxylic acids is 1. The van der Waals surface area contributed by atoms with Gasteiger partial charge in [-0.25, -0.2) is 0 Å². The predicted molar refractivity (Wildman–Crippen MR) is 64.9 cm³/mol. The number of anilines is 1. The lowest BCUT2D eigenvalue weighted by molar-refractivity contribution is -0.137. The SMILES string of the molecule is CC(C)(CC(=O)O)Nc1ccc(C(N)=O)cc1. The van der Waals surface area contributed by atoms with Crippen LogP contribution in [0.15, 0.2) is 24.3 Å². The summed E-state index contributed by atoms with van der Waals surface area (Å²) in [6, 6.07) is 6.59. The van der Waals surface area contributed by atoms with Crippen LogP contribution in [0.1, 0.15) is 30.6 Å². The van der Waals surface area contributed by atoms with Gasteiger partial charge in [-0.2, -0.15) is 0 Å². The number of carboxylic acids is 1. The number of primary amides is 1. The lowest BCUT2D eigenvalue weighted by atomic mass is 10.00. The Morgan fingerprint density at radius 2 is 1.82 bits per heavy atom. The number of carbonyl (C=O) groups is 2. The van der Waals surface area contributed by atoms with Crippen LogP contribution in [0.4, 0.5) is 5.69 Å². The molecule has 5 heteroatoms. The highest BCUT2D eigenvalue weighted by Crippen LogP contribution is 2.18. The first kappa shape index (κ1) is 13.0. The molecule has 0 fully saturated rings. The molecule has 0 aliphatic rings. The van der Waals surface area contributed by atoms with Gasteiger partial charge in [0, 0.05) is 16.8 Å². The Balaban J connectivity index is 2.75. The quantitative estimate of drug-likeness (QED) is 0.721. The predicted octanol–water partition coefficient (Wildman–Crippen LogP) is 1.45. The maximum Gasteiger partial charge on any atom is 0.305 e. The number of benzene rings is 1. The van der Waals surface area contributed by atoms with E-state index in [9.17, 15) is 9.59 Å². The monoisotopic (exact) mass is 236 g/mol. The van der Waals surface area contributed by atoms with Crippen LogP contribution >= 0.6 is 0 Å². The minimum Gasteiger partial charge on any atom is -0.481 e. The fraction of sp³-hybridized carbons (Fsp3) is 0.333.